The van der Waals surface area contributed by atoms with Gasteiger partial charge in [-0.3, -0.25) is 9.78 Å². The van der Waals surface area contributed by atoms with Crippen molar-refractivity contribution in [3.63, 3.8) is 0 Å². The molecule has 18 heavy (non-hydrogen) atoms. The molecule has 2 aromatic rings. The number of hydrogen-bond acceptors (Lipinski definition) is 6. The van der Waals surface area contributed by atoms with Crippen molar-refractivity contribution in [2.75, 3.05) is 13.2 Å². The molecule has 0 atom stereocenters. The van der Waals surface area contributed by atoms with Crippen LogP contribution in [0.15, 0.2) is 20.1 Å². The number of fused-ring (bicyclic) bond motifs is 1. The van der Waals surface area contributed by atoms with Crippen molar-refractivity contribution in [2.24, 2.45) is 0 Å². The maximum Gasteiger partial charge on any atom is 0.337 e. The van der Waals surface area contributed by atoms with Crippen LogP contribution in [0.5, 0.6) is 6.01 Å². The molecule has 7 heteroatoms. The minimum absolute atomic E-state index is 0.00779. The first-order valence-electron chi connectivity index (χ1n) is 5.46. The summed E-state index contributed by atoms with van der Waals surface area (Å²) in [5, 5.41) is 8.86. The van der Waals surface area contributed by atoms with Crippen LogP contribution in [0.1, 0.15) is 12.5 Å². The number of aryl methyl sites for hydroxylation is 1. The molecule has 96 valence electrons. The lowest BCUT2D eigenvalue weighted by Gasteiger charge is -2.04. The third-order valence-electron chi connectivity index (χ3n) is 2.39. The molecule has 0 aliphatic rings. The van der Waals surface area contributed by atoms with E-state index in [9.17, 15) is 9.59 Å². The monoisotopic (exact) mass is 252 g/mol. The van der Waals surface area contributed by atoms with Crippen LogP contribution < -0.4 is 15.9 Å². The van der Waals surface area contributed by atoms with E-state index >= 15 is 0 Å². The molecule has 0 saturated heterocycles. The van der Waals surface area contributed by atoms with Crippen LogP contribution in [0, 0.1) is 0 Å². The Morgan fingerprint density at radius 2 is 2.28 bits per heavy atom. The molecule has 0 fully saturated rings. The Morgan fingerprint density at radius 1 is 1.50 bits per heavy atom. The van der Waals surface area contributed by atoms with Gasteiger partial charge in [0.05, 0.1) is 6.61 Å². The van der Waals surface area contributed by atoms with Gasteiger partial charge in [0.1, 0.15) is 12.0 Å². The minimum atomic E-state index is -0.564. The molecule has 2 rings (SSSR count). The predicted molar refractivity (Wildman–Crippen MR) is 62.9 cm³/mol. The first-order chi connectivity index (χ1) is 8.65. The Kier molecular flexibility index (Phi) is 3.42. The largest absolute Gasteiger partial charge is 0.462 e. The first-order valence-corrected chi connectivity index (χ1v) is 5.46. The number of H-pyrrole nitrogens is 1. The Balaban J connectivity index is 2.66. The number of rotatable bonds is 4. The van der Waals surface area contributed by atoms with E-state index < -0.39 is 11.2 Å². The highest BCUT2D eigenvalue weighted by Crippen LogP contribution is 2.13. The van der Waals surface area contributed by atoms with E-state index in [2.05, 4.69) is 9.97 Å². The van der Waals surface area contributed by atoms with E-state index in [1.807, 2.05) is 6.92 Å². The zero-order chi connectivity index (χ0) is 13.1. The second-order valence-corrected chi connectivity index (χ2v) is 3.57. The van der Waals surface area contributed by atoms with E-state index in [-0.39, 0.29) is 30.3 Å². The van der Waals surface area contributed by atoms with Gasteiger partial charge < -0.3 is 14.3 Å². The summed E-state index contributed by atoms with van der Waals surface area (Å²) in [4.78, 5) is 29.5. The number of aliphatic hydroxyl groups is 1. The van der Waals surface area contributed by atoms with Crippen molar-refractivity contribution in [1.82, 2.24) is 9.97 Å². The van der Waals surface area contributed by atoms with Gasteiger partial charge in [-0.1, -0.05) is 6.92 Å². The quantitative estimate of drug-likeness (QED) is 0.781. The predicted octanol–water partition coefficient (Wildman–Crippen LogP) is -0.190. The molecule has 0 aliphatic heterocycles. The molecular weight excluding hydrogens is 240 g/mol. The number of nitrogens with zero attached hydrogens (tertiary/aromatic N) is 1. The van der Waals surface area contributed by atoms with Gasteiger partial charge in [0.15, 0.2) is 0 Å². The summed E-state index contributed by atoms with van der Waals surface area (Å²) in [7, 11) is 0. The average Bonchev–Trinajstić information content (AvgIpc) is 2.34. The molecule has 2 aromatic heterocycles. The summed E-state index contributed by atoms with van der Waals surface area (Å²) in [6.45, 7) is 1.61. The summed E-state index contributed by atoms with van der Waals surface area (Å²) in [5.74, 6) is 0. The van der Waals surface area contributed by atoms with Crippen molar-refractivity contribution in [1.29, 1.82) is 0 Å². The maximum atomic E-state index is 11.9. The Hall–Kier alpha value is -2.15. The molecule has 2 heterocycles. The Labute approximate surface area is 101 Å². The maximum absolute atomic E-state index is 11.9. The number of aromatic nitrogens is 2. The molecule has 0 aromatic carbocycles. The normalized spacial score (nSPS) is 10.8. The highest BCUT2D eigenvalue weighted by molar-refractivity contribution is 5.75. The average molecular weight is 252 g/mol. The van der Waals surface area contributed by atoms with Crippen molar-refractivity contribution in [3.8, 4) is 6.01 Å². The summed E-state index contributed by atoms with van der Waals surface area (Å²) in [6.07, 6.45) is 0.518. The lowest BCUT2D eigenvalue weighted by atomic mass is 10.1. The van der Waals surface area contributed by atoms with E-state index in [0.717, 1.165) is 0 Å². The first kappa shape index (κ1) is 12.3. The fourth-order valence-corrected chi connectivity index (χ4v) is 1.62. The molecule has 0 radical (unpaired) electrons. The molecule has 0 amide bonds. The third kappa shape index (κ3) is 2.25. The standard InChI is InChI=1S/C11H12N2O5/c1-2-6-5-7(15)18-10-8(6)9(16)12-11(13-10)17-4-3-14/h5,14H,2-4H2,1H3,(H,12,13,16). The number of ether oxygens (including phenoxy) is 1. The molecule has 2 N–H and O–H groups in total. The molecule has 7 nitrogen and oxygen atoms in total. The molecule has 0 unspecified atom stereocenters. The molecule has 0 bridgehead atoms. The van der Waals surface area contributed by atoms with Gasteiger partial charge in [0, 0.05) is 6.07 Å². The van der Waals surface area contributed by atoms with Crippen molar-refractivity contribution in [2.45, 2.75) is 13.3 Å². The Morgan fingerprint density at radius 3 is 2.94 bits per heavy atom. The fraction of sp³-hybridized carbons (Fsp3) is 0.364. The zero-order valence-corrected chi connectivity index (χ0v) is 9.73. The van der Waals surface area contributed by atoms with Crippen molar-refractivity contribution in [3.05, 3.63) is 32.4 Å². The van der Waals surface area contributed by atoms with Gasteiger partial charge in [0.25, 0.3) is 11.6 Å². The van der Waals surface area contributed by atoms with E-state index in [1.54, 1.807) is 0 Å². The van der Waals surface area contributed by atoms with Crippen molar-refractivity contribution < 1.29 is 14.3 Å². The SMILES string of the molecule is CCc1cc(=O)oc2nc(OCCO)[nH]c(=O)c12. The van der Waals surface area contributed by atoms with Crippen LogP contribution in [-0.2, 0) is 6.42 Å². The molecule has 0 spiro atoms. The van der Waals surface area contributed by atoms with Crippen LogP contribution in [0.3, 0.4) is 0 Å². The van der Waals surface area contributed by atoms with Gasteiger partial charge in [-0.25, -0.2) is 4.79 Å². The highest BCUT2D eigenvalue weighted by atomic mass is 16.5. The van der Waals surface area contributed by atoms with Crippen LogP contribution in [0.25, 0.3) is 11.1 Å². The summed E-state index contributed by atoms with van der Waals surface area (Å²) >= 11 is 0. The van der Waals surface area contributed by atoms with Crippen LogP contribution in [-0.4, -0.2) is 28.3 Å². The topological polar surface area (TPSA) is 105 Å². The smallest absolute Gasteiger partial charge is 0.337 e. The van der Waals surface area contributed by atoms with Crippen LogP contribution in [0.2, 0.25) is 0 Å². The van der Waals surface area contributed by atoms with Gasteiger partial charge in [-0.15, -0.1) is 0 Å². The van der Waals surface area contributed by atoms with Gasteiger partial charge in [0.2, 0.25) is 5.71 Å². The summed E-state index contributed by atoms with van der Waals surface area (Å²) in [6, 6.07) is 1.19. The van der Waals surface area contributed by atoms with Gasteiger partial charge in [-0.2, -0.15) is 4.98 Å². The summed E-state index contributed by atoms with van der Waals surface area (Å²) < 4.78 is 9.86. The zero-order valence-electron chi connectivity index (χ0n) is 9.73. The molecule has 0 aliphatic carbocycles. The second-order valence-electron chi connectivity index (χ2n) is 3.57. The number of aliphatic hydroxyl groups excluding tert-OH is 1. The van der Waals surface area contributed by atoms with Crippen LogP contribution >= 0.6 is 0 Å². The van der Waals surface area contributed by atoms with E-state index in [4.69, 9.17) is 14.3 Å². The minimum Gasteiger partial charge on any atom is -0.462 e. The number of aromatic amines is 1. The number of nitrogens with one attached hydrogen (secondary N) is 1. The number of hydrogen-bond donors (Lipinski definition) is 2. The highest BCUT2D eigenvalue weighted by Gasteiger charge is 2.11. The van der Waals surface area contributed by atoms with Gasteiger partial charge in [-0.05, 0) is 12.0 Å². The van der Waals surface area contributed by atoms with Crippen molar-refractivity contribution >= 4 is 11.1 Å². The molecule has 0 saturated carbocycles. The van der Waals surface area contributed by atoms with E-state index in [0.29, 0.717) is 12.0 Å². The second kappa shape index (κ2) is 5.01. The summed E-state index contributed by atoms with van der Waals surface area (Å²) in [5.41, 5.74) is -0.487. The van der Waals surface area contributed by atoms with Crippen LogP contribution in [0.4, 0.5) is 0 Å². The fourth-order valence-electron chi connectivity index (χ4n) is 1.62. The lowest BCUT2D eigenvalue weighted by Crippen LogP contribution is -2.16. The van der Waals surface area contributed by atoms with E-state index in [1.165, 1.54) is 6.07 Å². The molecular formula is C11H12N2O5. The Bertz CT molecular complexity index is 673. The van der Waals surface area contributed by atoms with Gasteiger partial charge >= 0.3 is 5.63 Å². The lowest BCUT2D eigenvalue weighted by molar-refractivity contribution is 0.191. The third-order valence-corrected chi connectivity index (χ3v) is 2.39.